The zero-order valence-corrected chi connectivity index (χ0v) is 12.9. The summed E-state index contributed by atoms with van der Waals surface area (Å²) in [5.74, 6) is -0.738. The number of benzene rings is 1. The molecular formula is C15H15FN2O4S. The molecule has 2 N–H and O–H groups in total. The van der Waals surface area contributed by atoms with Gasteiger partial charge in [0.25, 0.3) is 5.91 Å². The van der Waals surface area contributed by atoms with E-state index in [0.29, 0.717) is 18.7 Å². The number of amides is 1. The van der Waals surface area contributed by atoms with Crippen molar-refractivity contribution in [3.8, 4) is 0 Å². The summed E-state index contributed by atoms with van der Waals surface area (Å²) in [6, 6.07) is 6.15. The maximum atomic E-state index is 14.0. The van der Waals surface area contributed by atoms with Gasteiger partial charge in [-0.1, -0.05) is 0 Å². The minimum atomic E-state index is -4.01. The van der Waals surface area contributed by atoms with Gasteiger partial charge in [0.2, 0.25) is 10.0 Å². The molecule has 1 saturated heterocycles. The predicted octanol–water partition coefficient (Wildman–Crippen LogP) is 2.04. The fourth-order valence-corrected chi connectivity index (χ4v) is 3.33. The lowest BCUT2D eigenvalue weighted by Crippen LogP contribution is -2.31. The number of rotatable bonds is 3. The van der Waals surface area contributed by atoms with Gasteiger partial charge in [-0.15, -0.1) is 0 Å². The predicted molar refractivity (Wildman–Crippen MR) is 79.5 cm³/mol. The van der Waals surface area contributed by atoms with Crippen LogP contribution in [0, 0.1) is 5.82 Å². The third-order valence-corrected chi connectivity index (χ3v) is 4.79. The van der Waals surface area contributed by atoms with Crippen molar-refractivity contribution in [1.29, 1.82) is 0 Å². The largest absolute Gasteiger partial charge is 0.467 e. The number of primary sulfonamides is 1. The van der Waals surface area contributed by atoms with E-state index in [1.165, 1.54) is 11.2 Å². The molecule has 0 unspecified atom stereocenters. The van der Waals surface area contributed by atoms with E-state index in [-0.39, 0.29) is 16.5 Å². The number of halogens is 1. The van der Waals surface area contributed by atoms with E-state index < -0.39 is 21.7 Å². The van der Waals surface area contributed by atoms with E-state index in [9.17, 15) is 17.6 Å². The van der Waals surface area contributed by atoms with Gasteiger partial charge in [-0.05, 0) is 43.2 Å². The molecule has 1 fully saturated rings. The molecule has 1 atom stereocenters. The van der Waals surface area contributed by atoms with Crippen LogP contribution in [0.2, 0.25) is 0 Å². The molecule has 23 heavy (non-hydrogen) atoms. The number of likely N-dealkylation sites (tertiary alicyclic amines) is 1. The Kier molecular flexibility index (Phi) is 3.95. The molecule has 0 aliphatic carbocycles. The van der Waals surface area contributed by atoms with Crippen LogP contribution in [0.4, 0.5) is 4.39 Å². The van der Waals surface area contributed by atoms with Crippen molar-refractivity contribution in [1.82, 2.24) is 4.90 Å². The number of carbonyl (C=O) groups is 1. The lowest BCUT2D eigenvalue weighted by atomic mass is 10.1. The normalized spacial score (nSPS) is 18.3. The Labute approximate surface area is 132 Å². The second-order valence-electron chi connectivity index (χ2n) is 5.36. The number of hydrogen-bond donors (Lipinski definition) is 1. The van der Waals surface area contributed by atoms with Gasteiger partial charge in [-0.2, -0.15) is 0 Å². The van der Waals surface area contributed by atoms with E-state index in [4.69, 9.17) is 9.56 Å². The first-order valence-electron chi connectivity index (χ1n) is 7.04. The highest BCUT2D eigenvalue weighted by Crippen LogP contribution is 2.33. The van der Waals surface area contributed by atoms with Crippen LogP contribution in [0.3, 0.4) is 0 Å². The van der Waals surface area contributed by atoms with Crippen LogP contribution in [0.15, 0.2) is 45.9 Å². The summed E-state index contributed by atoms with van der Waals surface area (Å²) in [4.78, 5) is 13.9. The maximum Gasteiger partial charge on any atom is 0.257 e. The Balaban J connectivity index is 1.97. The van der Waals surface area contributed by atoms with Gasteiger partial charge in [0, 0.05) is 6.54 Å². The van der Waals surface area contributed by atoms with Gasteiger partial charge in [0.15, 0.2) is 0 Å². The first kappa shape index (κ1) is 15.7. The molecule has 1 aliphatic rings. The molecule has 3 rings (SSSR count). The summed E-state index contributed by atoms with van der Waals surface area (Å²) in [5.41, 5.74) is -0.310. The monoisotopic (exact) mass is 338 g/mol. The Morgan fingerprint density at radius 2 is 2.13 bits per heavy atom. The van der Waals surface area contributed by atoms with E-state index in [1.807, 2.05) is 0 Å². The number of furan rings is 1. The highest BCUT2D eigenvalue weighted by molar-refractivity contribution is 7.89. The third-order valence-electron chi connectivity index (χ3n) is 3.88. The minimum absolute atomic E-state index is 0.282. The Hall–Kier alpha value is -2.19. The Morgan fingerprint density at radius 3 is 2.78 bits per heavy atom. The summed E-state index contributed by atoms with van der Waals surface area (Å²) < 4.78 is 42.2. The second-order valence-corrected chi connectivity index (χ2v) is 6.92. The zero-order chi connectivity index (χ0) is 16.6. The van der Waals surface area contributed by atoms with Gasteiger partial charge in [0.05, 0.1) is 22.8 Å². The summed E-state index contributed by atoms with van der Waals surface area (Å²) in [6.07, 6.45) is 2.97. The highest BCUT2D eigenvalue weighted by atomic mass is 32.2. The molecule has 1 aromatic carbocycles. The first-order chi connectivity index (χ1) is 10.9. The molecule has 6 nitrogen and oxygen atoms in total. The quantitative estimate of drug-likeness (QED) is 0.927. The van der Waals surface area contributed by atoms with Gasteiger partial charge >= 0.3 is 0 Å². The second kappa shape index (κ2) is 5.78. The minimum Gasteiger partial charge on any atom is -0.467 e. The smallest absolute Gasteiger partial charge is 0.257 e. The third kappa shape index (κ3) is 2.99. The molecule has 2 heterocycles. The van der Waals surface area contributed by atoms with Gasteiger partial charge < -0.3 is 9.32 Å². The molecule has 1 aliphatic heterocycles. The van der Waals surface area contributed by atoms with Crippen LogP contribution in [-0.2, 0) is 10.0 Å². The SMILES string of the molecule is NS(=O)(=O)c1ccc(F)c(C(=O)N2CCC[C@H]2c2ccco2)c1. The molecule has 0 spiro atoms. The van der Waals surface area contributed by atoms with E-state index >= 15 is 0 Å². The standard InChI is InChI=1S/C15H15FN2O4S/c16-12-6-5-10(23(17,20)21)9-11(12)15(19)18-7-1-3-13(18)14-4-2-8-22-14/h2,4-6,8-9,13H,1,3,7H2,(H2,17,20,21)/t13-/m0/s1. The molecule has 0 saturated carbocycles. The lowest BCUT2D eigenvalue weighted by molar-refractivity contribution is 0.0715. The van der Waals surface area contributed by atoms with Gasteiger partial charge in [0.1, 0.15) is 11.6 Å². The van der Waals surface area contributed by atoms with Crippen molar-refractivity contribution < 1.29 is 22.0 Å². The van der Waals surface area contributed by atoms with Crippen molar-refractivity contribution in [2.24, 2.45) is 5.14 Å². The maximum absolute atomic E-state index is 14.0. The van der Waals surface area contributed by atoms with E-state index in [1.54, 1.807) is 12.1 Å². The molecule has 8 heteroatoms. The Morgan fingerprint density at radius 1 is 1.35 bits per heavy atom. The molecular weight excluding hydrogens is 323 g/mol. The fraction of sp³-hybridized carbons (Fsp3) is 0.267. The molecule has 2 aromatic rings. The number of hydrogen-bond acceptors (Lipinski definition) is 4. The van der Waals surface area contributed by atoms with Crippen molar-refractivity contribution >= 4 is 15.9 Å². The number of carbonyl (C=O) groups excluding carboxylic acids is 1. The zero-order valence-electron chi connectivity index (χ0n) is 12.1. The van der Waals surface area contributed by atoms with Crippen LogP contribution in [-0.4, -0.2) is 25.8 Å². The van der Waals surface area contributed by atoms with E-state index in [2.05, 4.69) is 0 Å². The first-order valence-corrected chi connectivity index (χ1v) is 8.59. The Bertz CT molecular complexity index is 833. The number of nitrogens with zero attached hydrogens (tertiary/aromatic N) is 1. The topological polar surface area (TPSA) is 93.6 Å². The van der Waals surface area contributed by atoms with Crippen LogP contribution in [0.5, 0.6) is 0 Å². The molecule has 1 aromatic heterocycles. The summed E-state index contributed by atoms with van der Waals surface area (Å²) in [6.45, 7) is 0.448. The molecule has 0 bridgehead atoms. The number of nitrogens with two attached hydrogens (primary N) is 1. The summed E-state index contributed by atoms with van der Waals surface area (Å²) in [5, 5.41) is 5.04. The van der Waals surface area contributed by atoms with Crippen molar-refractivity contribution in [3.05, 3.63) is 53.7 Å². The van der Waals surface area contributed by atoms with Gasteiger partial charge in [-0.25, -0.2) is 17.9 Å². The molecule has 122 valence electrons. The lowest BCUT2D eigenvalue weighted by Gasteiger charge is -2.23. The van der Waals surface area contributed by atoms with Gasteiger partial charge in [-0.3, -0.25) is 4.79 Å². The number of sulfonamides is 1. The molecule has 1 amide bonds. The average Bonchev–Trinajstić information content (AvgIpc) is 3.16. The van der Waals surface area contributed by atoms with Crippen LogP contribution in [0.25, 0.3) is 0 Å². The van der Waals surface area contributed by atoms with E-state index in [0.717, 1.165) is 24.6 Å². The van der Waals surface area contributed by atoms with Crippen LogP contribution >= 0.6 is 0 Å². The van der Waals surface area contributed by atoms with Crippen molar-refractivity contribution in [3.63, 3.8) is 0 Å². The summed E-state index contributed by atoms with van der Waals surface area (Å²) in [7, 11) is -4.01. The summed E-state index contributed by atoms with van der Waals surface area (Å²) >= 11 is 0. The van der Waals surface area contributed by atoms with Crippen molar-refractivity contribution in [2.75, 3.05) is 6.54 Å². The van der Waals surface area contributed by atoms with Crippen molar-refractivity contribution in [2.45, 2.75) is 23.8 Å². The van der Waals surface area contributed by atoms with Crippen LogP contribution < -0.4 is 5.14 Å². The van der Waals surface area contributed by atoms with Crippen LogP contribution in [0.1, 0.15) is 35.0 Å². The highest BCUT2D eigenvalue weighted by Gasteiger charge is 2.33. The molecule has 0 radical (unpaired) electrons. The fourth-order valence-electron chi connectivity index (χ4n) is 2.79. The average molecular weight is 338 g/mol.